The van der Waals surface area contributed by atoms with E-state index in [0.717, 1.165) is 17.9 Å². The van der Waals surface area contributed by atoms with Gasteiger partial charge in [-0.05, 0) is 55.1 Å². The molecule has 0 aromatic rings. The van der Waals surface area contributed by atoms with E-state index in [4.69, 9.17) is 0 Å². The van der Waals surface area contributed by atoms with E-state index in [1.165, 1.54) is 45.6 Å². The molecule has 2 nitrogen and oxygen atoms in total. The number of rotatable bonds is 3. The molecule has 2 heterocycles. The average Bonchev–Trinajstić information content (AvgIpc) is 2.70. The van der Waals surface area contributed by atoms with Crippen LogP contribution in [-0.4, -0.2) is 48.6 Å². The molecule has 2 heteroatoms. The second kappa shape index (κ2) is 4.46. The summed E-state index contributed by atoms with van der Waals surface area (Å²) in [6, 6.07) is 0.872. The van der Waals surface area contributed by atoms with Crippen molar-refractivity contribution < 1.29 is 0 Å². The molecule has 0 aromatic carbocycles. The van der Waals surface area contributed by atoms with Gasteiger partial charge in [0.05, 0.1) is 0 Å². The van der Waals surface area contributed by atoms with E-state index in [2.05, 4.69) is 44.4 Å². The van der Waals surface area contributed by atoms with Crippen molar-refractivity contribution in [3.8, 4) is 0 Å². The molecule has 0 spiro atoms. The Bertz CT molecular complexity index is 327. The van der Waals surface area contributed by atoms with E-state index < -0.39 is 0 Å². The van der Waals surface area contributed by atoms with Crippen molar-refractivity contribution in [3.05, 3.63) is 0 Å². The van der Waals surface area contributed by atoms with Crippen LogP contribution in [0.25, 0.3) is 0 Å². The molecule has 2 saturated heterocycles. The van der Waals surface area contributed by atoms with Crippen LogP contribution in [0.1, 0.15) is 47.5 Å². The largest absolute Gasteiger partial charge is 0.303 e. The van der Waals surface area contributed by atoms with Crippen LogP contribution >= 0.6 is 0 Å². The maximum Gasteiger partial charge on any atom is 0.0120 e. The van der Waals surface area contributed by atoms with Gasteiger partial charge in [0.15, 0.2) is 0 Å². The van der Waals surface area contributed by atoms with Crippen molar-refractivity contribution in [1.29, 1.82) is 0 Å². The third kappa shape index (κ3) is 1.90. The van der Waals surface area contributed by atoms with Crippen molar-refractivity contribution >= 4 is 0 Å². The summed E-state index contributed by atoms with van der Waals surface area (Å²) < 4.78 is 0. The van der Waals surface area contributed by atoms with Crippen LogP contribution in [0, 0.1) is 22.7 Å². The third-order valence-electron chi connectivity index (χ3n) is 6.84. The summed E-state index contributed by atoms with van der Waals surface area (Å²) in [5, 5.41) is 0. The molecule has 0 unspecified atom stereocenters. The lowest BCUT2D eigenvalue weighted by atomic mass is 9.95. The smallest absolute Gasteiger partial charge is 0.0120 e. The summed E-state index contributed by atoms with van der Waals surface area (Å²) in [5.74, 6) is 1.83. The standard InChI is InChI=1S/C17H32N2/c1-6-18-9-7-14(8-10-18)19-11-16(4)15(13(2)3)17(16,5)12-19/h13-15H,6-12H2,1-5H3/t15-,16-,17+. The third-order valence-corrected chi connectivity index (χ3v) is 6.84. The molecule has 0 N–H and O–H groups in total. The van der Waals surface area contributed by atoms with Gasteiger partial charge in [-0.1, -0.05) is 34.6 Å². The van der Waals surface area contributed by atoms with Gasteiger partial charge in [0.1, 0.15) is 0 Å². The fraction of sp³-hybridized carbons (Fsp3) is 1.00. The molecule has 1 saturated carbocycles. The molecule has 3 fully saturated rings. The van der Waals surface area contributed by atoms with Gasteiger partial charge in [-0.2, -0.15) is 0 Å². The van der Waals surface area contributed by atoms with Crippen molar-refractivity contribution in [3.63, 3.8) is 0 Å². The molecule has 0 radical (unpaired) electrons. The zero-order valence-corrected chi connectivity index (χ0v) is 13.6. The lowest BCUT2D eigenvalue weighted by Crippen LogP contribution is -2.45. The Morgan fingerprint density at radius 2 is 1.58 bits per heavy atom. The van der Waals surface area contributed by atoms with Crippen molar-refractivity contribution in [1.82, 2.24) is 9.80 Å². The maximum atomic E-state index is 2.84. The fourth-order valence-electron chi connectivity index (χ4n) is 5.79. The van der Waals surface area contributed by atoms with E-state index in [1.807, 2.05) is 0 Å². The highest BCUT2D eigenvalue weighted by molar-refractivity contribution is 5.24. The lowest BCUT2D eigenvalue weighted by molar-refractivity contribution is 0.102. The molecule has 0 aromatic heterocycles. The minimum Gasteiger partial charge on any atom is -0.303 e. The van der Waals surface area contributed by atoms with Crippen LogP contribution in [0.4, 0.5) is 0 Å². The molecular weight excluding hydrogens is 232 g/mol. The van der Waals surface area contributed by atoms with Crippen molar-refractivity contribution in [2.75, 3.05) is 32.7 Å². The Morgan fingerprint density at radius 3 is 2.00 bits per heavy atom. The number of nitrogens with zero attached hydrogens (tertiary/aromatic N) is 2. The number of piperidine rings is 2. The predicted octanol–water partition coefficient (Wildman–Crippen LogP) is 3.08. The minimum absolute atomic E-state index is 0.614. The van der Waals surface area contributed by atoms with Gasteiger partial charge < -0.3 is 4.90 Å². The Balaban J connectivity index is 1.60. The summed E-state index contributed by atoms with van der Waals surface area (Å²) in [4.78, 5) is 5.44. The van der Waals surface area contributed by atoms with E-state index in [0.29, 0.717) is 10.8 Å². The SMILES string of the molecule is CCN1CCC(N2C[C@@]3(C)[C@H](C(C)C)[C@@]3(C)C2)CC1. The van der Waals surface area contributed by atoms with Crippen LogP contribution in [0.5, 0.6) is 0 Å². The van der Waals surface area contributed by atoms with Crippen LogP contribution in [0.15, 0.2) is 0 Å². The highest BCUT2D eigenvalue weighted by atomic mass is 15.3. The van der Waals surface area contributed by atoms with Crippen molar-refractivity contribution in [2.24, 2.45) is 22.7 Å². The Morgan fingerprint density at radius 1 is 1.05 bits per heavy atom. The molecule has 3 aliphatic rings. The molecule has 3 atom stereocenters. The van der Waals surface area contributed by atoms with Crippen LogP contribution in [-0.2, 0) is 0 Å². The average molecular weight is 264 g/mol. The van der Waals surface area contributed by atoms with Gasteiger partial charge >= 0.3 is 0 Å². The summed E-state index contributed by atoms with van der Waals surface area (Å²) in [5.41, 5.74) is 1.23. The zero-order chi connectivity index (χ0) is 13.8. The second-order valence-electron chi connectivity index (χ2n) is 8.13. The number of fused-ring (bicyclic) bond motifs is 1. The van der Waals surface area contributed by atoms with E-state index in [-0.39, 0.29) is 0 Å². The first-order chi connectivity index (χ1) is 8.92. The Kier molecular flexibility index (Phi) is 3.26. The minimum atomic E-state index is 0.614. The molecule has 2 aliphatic heterocycles. The number of hydrogen-bond acceptors (Lipinski definition) is 2. The molecule has 0 bridgehead atoms. The van der Waals surface area contributed by atoms with Gasteiger partial charge in [-0.3, -0.25) is 4.90 Å². The predicted molar refractivity (Wildman–Crippen MR) is 81.3 cm³/mol. The number of likely N-dealkylation sites (tertiary alicyclic amines) is 2. The first-order valence-electron chi connectivity index (χ1n) is 8.39. The van der Waals surface area contributed by atoms with E-state index in [1.54, 1.807) is 0 Å². The highest BCUT2D eigenvalue weighted by Crippen LogP contribution is 2.75. The monoisotopic (exact) mass is 264 g/mol. The summed E-state index contributed by atoms with van der Waals surface area (Å²) in [7, 11) is 0. The summed E-state index contributed by atoms with van der Waals surface area (Å²) in [6.45, 7) is 18.8. The van der Waals surface area contributed by atoms with Gasteiger partial charge in [-0.15, -0.1) is 0 Å². The lowest BCUT2D eigenvalue weighted by Gasteiger charge is -2.38. The zero-order valence-electron chi connectivity index (χ0n) is 13.6. The molecular formula is C17H32N2. The molecule has 3 rings (SSSR count). The molecule has 19 heavy (non-hydrogen) atoms. The Hall–Kier alpha value is -0.0800. The van der Waals surface area contributed by atoms with Crippen LogP contribution < -0.4 is 0 Å². The topological polar surface area (TPSA) is 6.48 Å². The van der Waals surface area contributed by atoms with Crippen LogP contribution in [0.2, 0.25) is 0 Å². The fourth-order valence-corrected chi connectivity index (χ4v) is 5.79. The summed E-state index contributed by atoms with van der Waals surface area (Å²) >= 11 is 0. The van der Waals surface area contributed by atoms with Gasteiger partial charge in [-0.25, -0.2) is 0 Å². The van der Waals surface area contributed by atoms with Crippen molar-refractivity contribution in [2.45, 2.75) is 53.5 Å². The molecule has 1 aliphatic carbocycles. The quantitative estimate of drug-likeness (QED) is 0.773. The normalized spacial score (nSPS) is 44.8. The van der Waals surface area contributed by atoms with Gasteiger partial charge in [0.25, 0.3) is 0 Å². The highest BCUT2D eigenvalue weighted by Gasteiger charge is 2.75. The van der Waals surface area contributed by atoms with Gasteiger partial charge in [0, 0.05) is 19.1 Å². The maximum absolute atomic E-state index is 2.84. The van der Waals surface area contributed by atoms with Gasteiger partial charge in [0.2, 0.25) is 0 Å². The van der Waals surface area contributed by atoms with E-state index >= 15 is 0 Å². The summed E-state index contributed by atoms with van der Waals surface area (Å²) in [6.07, 6.45) is 2.79. The Labute approximate surface area is 119 Å². The number of hydrogen-bond donors (Lipinski definition) is 0. The first kappa shape index (κ1) is 13.9. The van der Waals surface area contributed by atoms with Crippen LogP contribution in [0.3, 0.4) is 0 Å². The molecule has 110 valence electrons. The van der Waals surface area contributed by atoms with E-state index in [9.17, 15) is 0 Å². The first-order valence-corrected chi connectivity index (χ1v) is 8.39. The molecule has 0 amide bonds. The second-order valence-corrected chi connectivity index (χ2v) is 8.13.